The first kappa shape index (κ1) is 53.6. The van der Waals surface area contributed by atoms with Crippen molar-refractivity contribution in [2.75, 3.05) is 0 Å². The third-order valence-electron chi connectivity index (χ3n) is 0. The maximum atomic E-state index is 0. The van der Waals surface area contributed by atoms with Gasteiger partial charge in [-0.3, -0.25) is 0 Å². The average molecular weight is 1180 g/mol. The Balaban J connectivity index is 0. The van der Waals surface area contributed by atoms with Crippen LogP contribution in [0.3, 0.4) is 0 Å². The number of hydrogen-bond donors (Lipinski definition) is 0. The Labute approximate surface area is 167 Å². The van der Waals surface area contributed by atoms with Gasteiger partial charge in [-0.05, 0) is 0 Å². The molecule has 0 spiro atoms. The van der Waals surface area contributed by atoms with E-state index < -0.39 is 0 Å². The molecule has 7 heavy (non-hydrogen) atoms. The Kier molecular flexibility index (Phi) is 316. The summed E-state index contributed by atoms with van der Waals surface area (Å²) in [4.78, 5) is 0. The summed E-state index contributed by atoms with van der Waals surface area (Å²) in [6, 6.07) is 0. The molecule has 26 valence electrons. The molecule has 0 heterocycles. The van der Waals surface area contributed by atoms with E-state index in [1.54, 1.807) is 0 Å². The van der Waals surface area contributed by atoms with Crippen molar-refractivity contribution in [1.82, 2.24) is 0 Å². The molecule has 0 aliphatic carbocycles. The molecule has 0 saturated heterocycles. The van der Waals surface area contributed by atoms with Crippen LogP contribution in [0.1, 0.15) is 0 Å². The average Bonchev–Trinajstić information content (AvgIpc) is 0. The molecule has 0 aliphatic heterocycles. The monoisotopic (exact) mass is 1180 g/mol. The van der Waals surface area contributed by atoms with Gasteiger partial charge in [-0.15, -0.1) is 0 Å². The van der Waals surface area contributed by atoms with E-state index in [1.807, 2.05) is 0 Å². The largest absolute Gasteiger partial charge is 3.00 e. The van der Waals surface area contributed by atoms with E-state index in [2.05, 4.69) is 0 Å². The Bertz CT molecular complexity index is 8.04. The van der Waals surface area contributed by atoms with Crippen LogP contribution in [0, 0.1) is 0 Å². The second-order valence-corrected chi connectivity index (χ2v) is 0. The van der Waals surface area contributed by atoms with E-state index >= 15 is 0 Å². The molecule has 0 atom stereocenters. The SMILES string of the molecule is [As-3].[Se-2].[Tl+].[Tl+].[Tl+].[Tl+].[Tl+]. The van der Waals surface area contributed by atoms with Crippen LogP contribution < -0.4 is 0 Å². The minimum absolute atomic E-state index is 0. The molecule has 0 nitrogen and oxygen atoms in total. The topological polar surface area (TPSA) is 0 Å². The Morgan fingerprint density at radius 1 is 0.429 bits per heavy atom. The molecule has 0 aromatic carbocycles. The maximum absolute atomic E-state index is 0. The van der Waals surface area contributed by atoms with E-state index in [1.165, 1.54) is 0 Å². The fourth-order valence-electron chi connectivity index (χ4n) is 0. The number of rotatable bonds is 0. The summed E-state index contributed by atoms with van der Waals surface area (Å²) in [5, 5.41) is 0. The molecule has 0 aliphatic rings. The van der Waals surface area contributed by atoms with Crippen molar-refractivity contribution in [3.63, 3.8) is 0 Å². The van der Waals surface area contributed by atoms with Gasteiger partial charge >= 0.3 is 136 Å². The van der Waals surface area contributed by atoms with Gasteiger partial charge in [0.25, 0.3) is 0 Å². The van der Waals surface area contributed by atoms with E-state index in [0.29, 0.717) is 0 Å². The predicted molar refractivity (Wildman–Crippen MR) is 40.3 cm³/mol. The first-order chi connectivity index (χ1) is 0. The van der Waals surface area contributed by atoms with Crippen molar-refractivity contribution < 1.29 is 0 Å². The Hall–Kier alpha value is 5.69. The second-order valence-electron chi connectivity index (χ2n) is 0. The van der Waals surface area contributed by atoms with Gasteiger partial charge in [-0.25, -0.2) is 0 Å². The summed E-state index contributed by atoms with van der Waals surface area (Å²) >= 11 is 0. The van der Waals surface area contributed by atoms with Gasteiger partial charge in [-0.2, -0.15) is 0 Å². The van der Waals surface area contributed by atoms with Gasteiger partial charge in [-0.1, -0.05) is 0 Å². The molecule has 0 rings (SSSR count). The van der Waals surface area contributed by atoms with E-state index in [0.717, 1.165) is 0 Å². The van der Waals surface area contributed by atoms with Crippen molar-refractivity contribution in [1.29, 1.82) is 0 Å². The van der Waals surface area contributed by atoms with Gasteiger partial charge in [0.15, 0.2) is 0 Å². The van der Waals surface area contributed by atoms with E-state index in [-0.39, 0.29) is 172 Å². The molecule has 0 fully saturated rings. The van der Waals surface area contributed by atoms with Gasteiger partial charge in [0, 0.05) is 0 Å². The van der Waals surface area contributed by atoms with Gasteiger partial charge < -0.3 is 35.0 Å². The molecule has 0 amide bonds. The molecule has 7 heteroatoms. The van der Waals surface area contributed by atoms with Crippen molar-refractivity contribution in [2.45, 2.75) is 0 Å². The standard InChI is InChI=1S/As.Se.5Tl/q-3;-2;5*+1. The molecule has 0 aromatic rings. The molecule has 0 radical (unpaired) electrons. The molecule has 0 bridgehead atoms. The summed E-state index contributed by atoms with van der Waals surface area (Å²) in [5.41, 5.74) is 0. The third-order valence-corrected chi connectivity index (χ3v) is 0. The van der Waals surface area contributed by atoms with E-state index in [4.69, 9.17) is 0 Å². The summed E-state index contributed by atoms with van der Waals surface area (Å²) < 4.78 is 0. The fourth-order valence-corrected chi connectivity index (χ4v) is 0. The third kappa shape index (κ3) is 33.9. The first-order valence-corrected chi connectivity index (χ1v) is 0. The molecule has 0 N–H and O–H groups in total. The van der Waals surface area contributed by atoms with Crippen LogP contribution in [0.15, 0.2) is 0 Å². The minimum atomic E-state index is 0. The summed E-state index contributed by atoms with van der Waals surface area (Å²) in [6.07, 6.45) is 0. The molecule has 0 aromatic heterocycles. The molecule has 0 unspecified atom stereocenters. The maximum Gasteiger partial charge on any atom is 1.00 e. The second kappa shape index (κ2) is 41.3. The predicted octanol–water partition coefficient (Wildman–Crippen LogP) is -2.67. The normalized spacial score (nSPS) is 0. The zero-order valence-corrected chi connectivity index (χ0v) is 29.8. The van der Waals surface area contributed by atoms with Crippen LogP contribution in [0.4, 0.5) is 0 Å². The Morgan fingerprint density at radius 2 is 0.429 bits per heavy atom. The van der Waals surface area contributed by atoms with E-state index in [9.17, 15) is 0 Å². The van der Waals surface area contributed by atoms with Gasteiger partial charge in [0.2, 0.25) is 0 Å². The zero-order valence-electron chi connectivity index (χ0n) is 3.74. The van der Waals surface area contributed by atoms with Crippen molar-refractivity contribution >= 4 is 172 Å². The Morgan fingerprint density at radius 3 is 0.429 bits per heavy atom. The summed E-state index contributed by atoms with van der Waals surface area (Å²) in [5.74, 6) is 0. The van der Waals surface area contributed by atoms with Crippen LogP contribution in [-0.4, -0.2) is 172 Å². The smallest absolute Gasteiger partial charge is 1.00 e. The van der Waals surface area contributed by atoms with Crippen LogP contribution in [-0.2, 0) is 0 Å². The van der Waals surface area contributed by atoms with Gasteiger partial charge in [0.05, 0.1) is 0 Å². The van der Waals surface area contributed by atoms with Crippen molar-refractivity contribution in [3.8, 4) is 0 Å². The van der Waals surface area contributed by atoms with Gasteiger partial charge in [0.1, 0.15) is 0 Å². The van der Waals surface area contributed by atoms with Crippen LogP contribution in [0.2, 0.25) is 0 Å². The fraction of sp³-hybridized carbons (Fsp3) is 0. The quantitative estimate of drug-likeness (QED) is 0.233. The summed E-state index contributed by atoms with van der Waals surface area (Å²) in [7, 11) is 0. The molecular formula is AsSeTl5. The molecular weight excluding hydrogens is 1180 g/mol. The van der Waals surface area contributed by atoms with Crippen LogP contribution in [0.5, 0.6) is 0 Å². The minimum Gasteiger partial charge on any atom is -3.00 e. The van der Waals surface area contributed by atoms with Crippen LogP contribution in [0.25, 0.3) is 0 Å². The van der Waals surface area contributed by atoms with Crippen molar-refractivity contribution in [3.05, 3.63) is 0 Å². The number of hydrogen-bond acceptors (Lipinski definition) is 0. The zero-order chi connectivity index (χ0) is 0. The summed E-state index contributed by atoms with van der Waals surface area (Å²) in [6.45, 7) is 0. The molecule has 0 saturated carbocycles. The first-order valence-electron chi connectivity index (χ1n) is 0. The van der Waals surface area contributed by atoms with Crippen LogP contribution >= 0.6 is 0 Å². The van der Waals surface area contributed by atoms with Crippen molar-refractivity contribution in [2.24, 2.45) is 0 Å².